The van der Waals surface area contributed by atoms with Crippen LogP contribution in [0, 0.1) is 6.92 Å². The molecule has 0 radical (unpaired) electrons. The minimum atomic E-state index is -0.156. The predicted molar refractivity (Wildman–Crippen MR) is 108 cm³/mol. The lowest BCUT2D eigenvalue weighted by molar-refractivity contribution is -0.117. The first-order valence-electron chi connectivity index (χ1n) is 9.61. The summed E-state index contributed by atoms with van der Waals surface area (Å²) >= 11 is 0. The van der Waals surface area contributed by atoms with E-state index in [2.05, 4.69) is 10.1 Å². The highest BCUT2D eigenvalue weighted by atomic mass is 16.5. The first-order chi connectivity index (χ1) is 14.1. The Morgan fingerprint density at radius 1 is 1.21 bits per heavy atom. The standard InChI is InChI=1S/C22H23N3O4/c1-4-28-17-8-6-15(7-9-17)21-23-22(29-24-21)16-12-20(26)25(13-16)18-11-14(2)5-10-19(18)27-3/h5-11,16H,4,12-13H2,1-3H3. The number of aryl methyl sites for hydroxylation is 1. The van der Waals surface area contributed by atoms with Crippen molar-refractivity contribution in [2.45, 2.75) is 26.2 Å². The van der Waals surface area contributed by atoms with Crippen molar-refractivity contribution in [2.75, 3.05) is 25.2 Å². The maximum absolute atomic E-state index is 12.7. The molecule has 2 heterocycles. The van der Waals surface area contributed by atoms with Gasteiger partial charge in [-0.1, -0.05) is 11.2 Å². The molecule has 0 spiro atoms. The van der Waals surface area contributed by atoms with Gasteiger partial charge in [-0.15, -0.1) is 0 Å². The number of carbonyl (C=O) groups excluding carboxylic acids is 1. The Bertz CT molecular complexity index is 1010. The summed E-state index contributed by atoms with van der Waals surface area (Å²) in [6, 6.07) is 13.3. The van der Waals surface area contributed by atoms with E-state index in [-0.39, 0.29) is 11.8 Å². The van der Waals surface area contributed by atoms with Crippen molar-refractivity contribution >= 4 is 11.6 Å². The number of hydrogen-bond acceptors (Lipinski definition) is 6. The topological polar surface area (TPSA) is 77.7 Å². The fourth-order valence-electron chi connectivity index (χ4n) is 3.50. The Labute approximate surface area is 169 Å². The molecular weight excluding hydrogens is 370 g/mol. The number of anilines is 1. The van der Waals surface area contributed by atoms with Gasteiger partial charge in [-0.05, 0) is 55.8 Å². The maximum atomic E-state index is 12.7. The van der Waals surface area contributed by atoms with Gasteiger partial charge in [0.1, 0.15) is 11.5 Å². The Hall–Kier alpha value is -3.35. The van der Waals surface area contributed by atoms with Gasteiger partial charge in [-0.25, -0.2) is 0 Å². The highest BCUT2D eigenvalue weighted by Gasteiger charge is 2.36. The third kappa shape index (κ3) is 3.81. The summed E-state index contributed by atoms with van der Waals surface area (Å²) in [5, 5.41) is 4.10. The third-order valence-electron chi connectivity index (χ3n) is 4.96. The van der Waals surface area contributed by atoms with Crippen LogP contribution in [-0.4, -0.2) is 36.3 Å². The third-order valence-corrected chi connectivity index (χ3v) is 4.96. The van der Waals surface area contributed by atoms with Crippen molar-refractivity contribution in [2.24, 2.45) is 0 Å². The van der Waals surface area contributed by atoms with Crippen LogP contribution in [-0.2, 0) is 4.79 Å². The van der Waals surface area contributed by atoms with E-state index in [9.17, 15) is 4.79 Å². The van der Waals surface area contributed by atoms with Crippen LogP contribution in [0.2, 0.25) is 0 Å². The van der Waals surface area contributed by atoms with Gasteiger partial charge in [0.2, 0.25) is 17.6 Å². The van der Waals surface area contributed by atoms with Crippen molar-refractivity contribution in [1.29, 1.82) is 0 Å². The first kappa shape index (κ1) is 19.0. The van der Waals surface area contributed by atoms with Crippen LogP contribution in [0.3, 0.4) is 0 Å². The van der Waals surface area contributed by atoms with Gasteiger partial charge in [0, 0.05) is 18.5 Å². The average Bonchev–Trinajstić information content (AvgIpc) is 3.36. The molecule has 0 aliphatic carbocycles. The summed E-state index contributed by atoms with van der Waals surface area (Å²) < 4.78 is 16.4. The van der Waals surface area contributed by atoms with E-state index in [4.69, 9.17) is 14.0 Å². The largest absolute Gasteiger partial charge is 0.495 e. The van der Waals surface area contributed by atoms with E-state index in [1.54, 1.807) is 12.0 Å². The highest BCUT2D eigenvalue weighted by molar-refractivity contribution is 5.97. The molecule has 1 aliphatic rings. The number of nitrogens with zero attached hydrogens (tertiary/aromatic N) is 3. The first-order valence-corrected chi connectivity index (χ1v) is 9.61. The zero-order chi connectivity index (χ0) is 20.4. The summed E-state index contributed by atoms with van der Waals surface area (Å²) in [6.07, 6.45) is 0.321. The number of methoxy groups -OCH3 is 1. The Balaban J connectivity index is 1.54. The van der Waals surface area contributed by atoms with Crippen molar-refractivity contribution in [3.05, 3.63) is 53.9 Å². The number of rotatable bonds is 6. The van der Waals surface area contributed by atoms with Crippen LogP contribution in [0.4, 0.5) is 5.69 Å². The van der Waals surface area contributed by atoms with E-state index in [1.165, 1.54) is 0 Å². The molecular formula is C22H23N3O4. The zero-order valence-corrected chi connectivity index (χ0v) is 16.7. The molecule has 7 nitrogen and oxygen atoms in total. The van der Waals surface area contributed by atoms with Gasteiger partial charge in [0.15, 0.2) is 0 Å². The summed E-state index contributed by atoms with van der Waals surface area (Å²) in [4.78, 5) is 18.9. The average molecular weight is 393 g/mol. The molecule has 29 heavy (non-hydrogen) atoms. The summed E-state index contributed by atoms with van der Waals surface area (Å²) in [5.41, 5.74) is 2.67. The Morgan fingerprint density at radius 3 is 2.72 bits per heavy atom. The minimum absolute atomic E-state index is 0.0136. The van der Waals surface area contributed by atoms with E-state index < -0.39 is 0 Å². The van der Waals surface area contributed by atoms with Crippen molar-refractivity contribution in [3.63, 3.8) is 0 Å². The molecule has 0 N–H and O–H groups in total. The zero-order valence-electron chi connectivity index (χ0n) is 16.7. The van der Waals surface area contributed by atoms with Gasteiger partial charge in [-0.2, -0.15) is 4.98 Å². The SMILES string of the molecule is CCOc1ccc(-c2noc(C3CC(=O)N(c4cc(C)ccc4OC)C3)n2)cc1. The second kappa shape index (κ2) is 7.95. The fraction of sp³-hybridized carbons (Fsp3) is 0.318. The van der Waals surface area contributed by atoms with Crippen molar-refractivity contribution in [1.82, 2.24) is 10.1 Å². The molecule has 1 saturated heterocycles. The number of amides is 1. The second-order valence-corrected chi connectivity index (χ2v) is 6.99. The second-order valence-electron chi connectivity index (χ2n) is 6.99. The Kier molecular flexibility index (Phi) is 5.20. The van der Waals surface area contributed by atoms with E-state index >= 15 is 0 Å². The van der Waals surface area contributed by atoms with Gasteiger partial charge in [-0.3, -0.25) is 4.79 Å². The monoisotopic (exact) mass is 393 g/mol. The van der Waals surface area contributed by atoms with Gasteiger partial charge in [0.25, 0.3) is 0 Å². The van der Waals surface area contributed by atoms with Gasteiger partial charge >= 0.3 is 0 Å². The smallest absolute Gasteiger partial charge is 0.232 e. The van der Waals surface area contributed by atoms with Crippen LogP contribution >= 0.6 is 0 Å². The highest BCUT2D eigenvalue weighted by Crippen LogP contribution is 2.37. The number of carbonyl (C=O) groups is 1. The quantitative estimate of drug-likeness (QED) is 0.631. The summed E-state index contributed by atoms with van der Waals surface area (Å²) in [6.45, 7) is 5.02. The lowest BCUT2D eigenvalue weighted by Gasteiger charge is -2.19. The molecule has 0 saturated carbocycles. The predicted octanol–water partition coefficient (Wildman–Crippen LogP) is 3.97. The molecule has 1 aromatic heterocycles. The number of hydrogen-bond donors (Lipinski definition) is 0. The molecule has 2 aromatic carbocycles. The normalized spacial score (nSPS) is 16.3. The molecule has 0 bridgehead atoms. The summed E-state index contributed by atoms with van der Waals surface area (Å²) in [7, 11) is 1.60. The molecule has 4 rings (SSSR count). The van der Waals surface area contributed by atoms with Crippen molar-refractivity contribution < 1.29 is 18.8 Å². The number of benzene rings is 2. The van der Waals surface area contributed by atoms with Crippen LogP contribution in [0.25, 0.3) is 11.4 Å². The molecule has 1 fully saturated rings. The van der Waals surface area contributed by atoms with E-state index in [0.717, 1.165) is 22.6 Å². The van der Waals surface area contributed by atoms with Crippen LogP contribution < -0.4 is 14.4 Å². The Morgan fingerprint density at radius 2 is 2.00 bits per heavy atom. The van der Waals surface area contributed by atoms with Crippen LogP contribution in [0.15, 0.2) is 47.0 Å². The lowest BCUT2D eigenvalue weighted by Crippen LogP contribution is -2.25. The molecule has 1 atom stereocenters. The summed E-state index contributed by atoms with van der Waals surface area (Å²) in [5.74, 6) is 2.30. The van der Waals surface area contributed by atoms with Gasteiger partial charge < -0.3 is 18.9 Å². The molecule has 7 heteroatoms. The van der Waals surface area contributed by atoms with Gasteiger partial charge in [0.05, 0.1) is 25.3 Å². The van der Waals surface area contributed by atoms with Crippen LogP contribution in [0.1, 0.15) is 30.7 Å². The lowest BCUT2D eigenvalue weighted by atomic mass is 10.1. The molecule has 1 aliphatic heterocycles. The number of aromatic nitrogens is 2. The van der Waals surface area contributed by atoms with Crippen LogP contribution in [0.5, 0.6) is 11.5 Å². The minimum Gasteiger partial charge on any atom is -0.495 e. The molecule has 3 aromatic rings. The maximum Gasteiger partial charge on any atom is 0.232 e. The van der Waals surface area contributed by atoms with E-state index in [1.807, 2.05) is 56.3 Å². The molecule has 1 unspecified atom stereocenters. The molecule has 150 valence electrons. The van der Waals surface area contributed by atoms with Crippen molar-refractivity contribution in [3.8, 4) is 22.9 Å². The fourth-order valence-corrected chi connectivity index (χ4v) is 3.50. The number of ether oxygens (including phenoxy) is 2. The molecule has 1 amide bonds. The van der Waals surface area contributed by atoms with E-state index in [0.29, 0.717) is 37.0 Å².